The van der Waals surface area contributed by atoms with E-state index in [4.69, 9.17) is 14.2 Å². The van der Waals surface area contributed by atoms with Crippen molar-refractivity contribution >= 4 is 0 Å². The van der Waals surface area contributed by atoms with Gasteiger partial charge in [-0.25, -0.2) is 0 Å². The number of aliphatic hydroxyl groups is 1. The summed E-state index contributed by atoms with van der Waals surface area (Å²) in [6.45, 7) is 3.16. The van der Waals surface area contributed by atoms with E-state index in [2.05, 4.69) is 71.6 Å². The summed E-state index contributed by atoms with van der Waals surface area (Å²) in [5, 5.41) is 9.80. The van der Waals surface area contributed by atoms with Gasteiger partial charge in [-0.1, -0.05) is 121 Å². The van der Waals surface area contributed by atoms with Crippen LogP contribution in [-0.4, -0.2) is 47.5 Å². The highest BCUT2D eigenvalue weighted by Gasteiger charge is 2.47. The molecule has 1 heterocycles. The minimum atomic E-state index is -0.206. The topological polar surface area (TPSA) is 51.2 Å². The number of nitrogens with zero attached hydrogens (tertiary/aromatic N) is 1. The van der Waals surface area contributed by atoms with E-state index < -0.39 is 0 Å². The molecule has 0 amide bonds. The lowest BCUT2D eigenvalue weighted by Gasteiger charge is -2.35. The maximum atomic E-state index is 9.80. The SMILES string of the molecule is OCCC[C@@H](OCc1ccccc1)[C@@H]1[C@H](OCc2ccccc2)[C@H](OCc2ccccc2)CN1Cc1ccccc1. The Labute approximate surface area is 244 Å². The molecule has 0 bridgehead atoms. The number of benzene rings is 4. The second-order valence-electron chi connectivity index (χ2n) is 10.7. The first kappa shape index (κ1) is 29.2. The Balaban J connectivity index is 1.43. The van der Waals surface area contributed by atoms with E-state index in [-0.39, 0.29) is 31.0 Å². The lowest BCUT2D eigenvalue weighted by molar-refractivity contribution is -0.104. The zero-order valence-corrected chi connectivity index (χ0v) is 23.6. The fourth-order valence-electron chi connectivity index (χ4n) is 5.64. The summed E-state index contributed by atoms with van der Waals surface area (Å²) in [6.07, 6.45) is 0.912. The van der Waals surface area contributed by atoms with Crippen molar-refractivity contribution in [3.63, 3.8) is 0 Å². The first-order valence-electron chi connectivity index (χ1n) is 14.7. The van der Waals surface area contributed by atoms with Crippen molar-refractivity contribution in [1.29, 1.82) is 0 Å². The minimum Gasteiger partial charge on any atom is -0.396 e. The summed E-state index contributed by atoms with van der Waals surface area (Å²) < 4.78 is 20.1. The maximum absolute atomic E-state index is 9.80. The minimum absolute atomic E-state index is 0.0463. The van der Waals surface area contributed by atoms with Gasteiger partial charge in [-0.2, -0.15) is 0 Å². The van der Waals surface area contributed by atoms with E-state index in [1.807, 2.05) is 54.6 Å². The van der Waals surface area contributed by atoms with Crippen LogP contribution in [0.2, 0.25) is 0 Å². The first-order valence-corrected chi connectivity index (χ1v) is 14.7. The van der Waals surface area contributed by atoms with Gasteiger partial charge in [0.2, 0.25) is 0 Å². The van der Waals surface area contributed by atoms with Gasteiger partial charge in [0.25, 0.3) is 0 Å². The van der Waals surface area contributed by atoms with Crippen molar-refractivity contribution in [2.45, 2.75) is 63.6 Å². The molecule has 1 saturated heterocycles. The van der Waals surface area contributed by atoms with Crippen LogP contribution in [-0.2, 0) is 40.6 Å². The molecule has 4 aromatic carbocycles. The van der Waals surface area contributed by atoms with Gasteiger partial charge in [0.15, 0.2) is 0 Å². The Morgan fingerprint density at radius 2 is 1.12 bits per heavy atom. The summed E-state index contributed by atoms with van der Waals surface area (Å²) in [5.41, 5.74) is 4.65. The van der Waals surface area contributed by atoms with Crippen LogP contribution in [0.1, 0.15) is 35.1 Å². The van der Waals surface area contributed by atoms with Crippen molar-refractivity contribution in [3.05, 3.63) is 144 Å². The Morgan fingerprint density at radius 1 is 0.634 bits per heavy atom. The molecule has 0 aromatic heterocycles. The Hall–Kier alpha value is -3.32. The average Bonchev–Trinajstić information content (AvgIpc) is 3.37. The molecule has 1 fully saturated rings. The average molecular weight is 552 g/mol. The third kappa shape index (κ3) is 8.59. The van der Waals surface area contributed by atoms with E-state index in [9.17, 15) is 5.11 Å². The molecule has 1 aliphatic rings. The maximum Gasteiger partial charge on any atom is 0.103 e. The summed E-state index contributed by atoms with van der Waals surface area (Å²) in [5.74, 6) is 0. The predicted molar refractivity (Wildman–Crippen MR) is 162 cm³/mol. The van der Waals surface area contributed by atoms with Crippen molar-refractivity contribution in [1.82, 2.24) is 4.90 Å². The third-order valence-corrected chi connectivity index (χ3v) is 7.69. The molecule has 0 radical (unpaired) electrons. The lowest BCUT2D eigenvalue weighted by Crippen LogP contribution is -2.47. The highest BCUT2D eigenvalue weighted by atomic mass is 16.5. The number of aliphatic hydroxyl groups excluding tert-OH is 1. The Kier molecular flexibility index (Phi) is 11.1. The fraction of sp³-hybridized carbons (Fsp3) is 0.333. The number of likely N-dealkylation sites (tertiary alicyclic amines) is 1. The van der Waals surface area contributed by atoms with Crippen LogP contribution in [0.25, 0.3) is 0 Å². The first-order chi connectivity index (χ1) is 20.3. The van der Waals surface area contributed by atoms with Crippen molar-refractivity contribution < 1.29 is 19.3 Å². The Morgan fingerprint density at radius 3 is 1.66 bits per heavy atom. The lowest BCUT2D eigenvalue weighted by atomic mass is 9.99. The summed E-state index contributed by atoms with van der Waals surface area (Å²) in [4.78, 5) is 2.47. The third-order valence-electron chi connectivity index (χ3n) is 7.69. The monoisotopic (exact) mass is 551 g/mol. The van der Waals surface area contributed by atoms with E-state index in [0.717, 1.165) is 36.2 Å². The molecule has 0 saturated carbocycles. The van der Waals surface area contributed by atoms with E-state index in [1.165, 1.54) is 5.56 Å². The molecule has 5 nitrogen and oxygen atoms in total. The molecule has 214 valence electrons. The highest BCUT2D eigenvalue weighted by molar-refractivity contribution is 5.18. The van der Waals surface area contributed by atoms with E-state index >= 15 is 0 Å². The Bertz CT molecular complexity index is 1260. The number of hydrogen-bond acceptors (Lipinski definition) is 5. The van der Waals surface area contributed by atoms with Crippen LogP contribution in [0.3, 0.4) is 0 Å². The van der Waals surface area contributed by atoms with Crippen LogP contribution >= 0.6 is 0 Å². The van der Waals surface area contributed by atoms with Crippen molar-refractivity contribution in [2.24, 2.45) is 0 Å². The molecule has 5 rings (SSSR count). The number of hydrogen-bond donors (Lipinski definition) is 1. The normalized spacial score (nSPS) is 19.8. The quantitative estimate of drug-likeness (QED) is 0.185. The van der Waals surface area contributed by atoms with Gasteiger partial charge < -0.3 is 19.3 Å². The molecule has 4 atom stereocenters. The molecule has 41 heavy (non-hydrogen) atoms. The van der Waals surface area contributed by atoms with Crippen LogP contribution in [0.5, 0.6) is 0 Å². The molecular weight excluding hydrogens is 510 g/mol. The van der Waals surface area contributed by atoms with Crippen LogP contribution in [0.4, 0.5) is 0 Å². The summed E-state index contributed by atoms with van der Waals surface area (Å²) >= 11 is 0. The second-order valence-corrected chi connectivity index (χ2v) is 10.7. The molecule has 0 aliphatic carbocycles. The molecule has 0 spiro atoms. The molecular formula is C36H41NO4. The molecule has 1 N–H and O–H groups in total. The molecule has 0 unspecified atom stereocenters. The predicted octanol–water partition coefficient (Wildman–Crippen LogP) is 6.40. The van der Waals surface area contributed by atoms with Crippen molar-refractivity contribution in [2.75, 3.05) is 13.2 Å². The summed E-state index contributed by atoms with van der Waals surface area (Å²) in [7, 11) is 0. The molecule has 1 aliphatic heterocycles. The fourth-order valence-corrected chi connectivity index (χ4v) is 5.64. The van der Waals surface area contributed by atoms with Crippen LogP contribution < -0.4 is 0 Å². The zero-order chi connectivity index (χ0) is 28.1. The van der Waals surface area contributed by atoms with Gasteiger partial charge in [0, 0.05) is 19.7 Å². The van der Waals surface area contributed by atoms with Crippen LogP contribution in [0.15, 0.2) is 121 Å². The van der Waals surface area contributed by atoms with Gasteiger partial charge in [-0.15, -0.1) is 0 Å². The van der Waals surface area contributed by atoms with Gasteiger partial charge in [-0.3, -0.25) is 4.90 Å². The van der Waals surface area contributed by atoms with Gasteiger partial charge in [0.1, 0.15) is 6.10 Å². The van der Waals surface area contributed by atoms with Gasteiger partial charge >= 0.3 is 0 Å². The largest absolute Gasteiger partial charge is 0.396 e. The smallest absolute Gasteiger partial charge is 0.103 e. The number of rotatable bonds is 15. The highest BCUT2D eigenvalue weighted by Crippen LogP contribution is 2.33. The van der Waals surface area contributed by atoms with E-state index in [1.54, 1.807) is 0 Å². The standard InChI is InChI=1S/C36H41NO4/c38-23-13-22-33(39-26-30-16-7-2-8-17-30)35-36(41-28-32-20-11-4-12-21-32)34(40-27-31-18-9-3-10-19-31)25-37(35)24-29-14-5-1-6-15-29/h1-12,14-21,33-36,38H,13,22-28H2/t33-,34-,35-,36-/m1/s1. The second kappa shape index (κ2) is 15.6. The van der Waals surface area contributed by atoms with E-state index in [0.29, 0.717) is 26.2 Å². The zero-order valence-electron chi connectivity index (χ0n) is 23.6. The summed E-state index contributed by atoms with van der Waals surface area (Å²) in [6, 6.07) is 41.4. The van der Waals surface area contributed by atoms with Crippen molar-refractivity contribution in [3.8, 4) is 0 Å². The van der Waals surface area contributed by atoms with Crippen LogP contribution in [0, 0.1) is 0 Å². The van der Waals surface area contributed by atoms with Gasteiger partial charge in [0.05, 0.1) is 38.1 Å². The van der Waals surface area contributed by atoms with Gasteiger partial charge in [-0.05, 0) is 35.1 Å². The molecule has 4 aromatic rings. The molecule has 5 heteroatoms. The number of ether oxygens (including phenoxy) is 3.